The number of rotatable bonds is 1. The molecular formula is C10H8N4O. The van der Waals surface area contributed by atoms with E-state index >= 15 is 0 Å². The maximum Gasteiger partial charge on any atom is 0.180 e. The van der Waals surface area contributed by atoms with Gasteiger partial charge >= 0.3 is 0 Å². The van der Waals surface area contributed by atoms with E-state index < -0.39 is 0 Å². The number of ether oxygens (including phenoxy) is 1. The summed E-state index contributed by atoms with van der Waals surface area (Å²) in [5, 5.41) is 0. The Labute approximate surface area is 85.5 Å². The molecule has 1 atom stereocenters. The first-order valence-electron chi connectivity index (χ1n) is 4.58. The number of imidazole rings is 1. The molecule has 0 spiro atoms. The van der Waals surface area contributed by atoms with Crippen LogP contribution in [0.2, 0.25) is 0 Å². The van der Waals surface area contributed by atoms with Crippen molar-refractivity contribution in [3.63, 3.8) is 0 Å². The minimum Gasteiger partial charge on any atom is -0.486 e. The minimum absolute atomic E-state index is 0.163. The molecule has 5 nitrogen and oxygen atoms in total. The second-order valence-corrected chi connectivity index (χ2v) is 3.15. The first kappa shape index (κ1) is 8.16. The lowest BCUT2D eigenvalue weighted by Gasteiger charge is -2.11. The minimum atomic E-state index is -0.163. The van der Waals surface area contributed by atoms with Gasteiger partial charge < -0.3 is 9.72 Å². The Balaban J connectivity index is 2.04. The van der Waals surface area contributed by atoms with Crippen molar-refractivity contribution in [3.05, 3.63) is 42.8 Å². The van der Waals surface area contributed by atoms with Crippen molar-refractivity contribution in [2.75, 3.05) is 0 Å². The summed E-state index contributed by atoms with van der Waals surface area (Å²) in [5.41, 5.74) is 1.48. The van der Waals surface area contributed by atoms with Gasteiger partial charge in [-0.1, -0.05) is 6.08 Å². The second-order valence-electron chi connectivity index (χ2n) is 3.15. The SMILES string of the molecule is C1=COC(c2nc3ncncc3[nH]2)C=C1. The van der Waals surface area contributed by atoms with Crippen molar-refractivity contribution in [2.45, 2.75) is 6.10 Å². The quantitative estimate of drug-likeness (QED) is 0.757. The Hall–Kier alpha value is -2.17. The summed E-state index contributed by atoms with van der Waals surface area (Å²) in [7, 11) is 0. The standard InChI is InChI=1S/C10H8N4O/c1-2-4-15-8(3-1)10-13-7-5-11-6-12-9(7)14-10/h1-6,8H,(H,11,12,13,14). The topological polar surface area (TPSA) is 63.7 Å². The number of aromatic amines is 1. The molecule has 3 rings (SSSR count). The molecule has 2 aromatic rings. The van der Waals surface area contributed by atoms with Gasteiger partial charge in [0.1, 0.15) is 11.8 Å². The summed E-state index contributed by atoms with van der Waals surface area (Å²) in [6, 6.07) is 0. The predicted molar refractivity (Wildman–Crippen MR) is 53.8 cm³/mol. The molecule has 1 aliphatic rings. The number of fused-ring (bicyclic) bond motifs is 1. The van der Waals surface area contributed by atoms with E-state index in [2.05, 4.69) is 19.9 Å². The van der Waals surface area contributed by atoms with Crippen LogP contribution in [-0.4, -0.2) is 19.9 Å². The molecule has 0 radical (unpaired) electrons. The lowest BCUT2D eigenvalue weighted by atomic mass is 10.3. The highest BCUT2D eigenvalue weighted by atomic mass is 16.5. The van der Waals surface area contributed by atoms with Crippen molar-refractivity contribution in [1.82, 2.24) is 19.9 Å². The van der Waals surface area contributed by atoms with E-state index in [1.165, 1.54) is 6.33 Å². The third kappa shape index (κ3) is 1.38. The average molecular weight is 200 g/mol. The number of hydrogen-bond donors (Lipinski definition) is 1. The van der Waals surface area contributed by atoms with Crippen LogP contribution < -0.4 is 0 Å². The van der Waals surface area contributed by atoms with E-state index in [1.54, 1.807) is 12.5 Å². The summed E-state index contributed by atoms with van der Waals surface area (Å²) >= 11 is 0. The molecule has 1 aliphatic heterocycles. The summed E-state index contributed by atoms with van der Waals surface area (Å²) in [4.78, 5) is 15.4. The molecule has 0 amide bonds. The van der Waals surface area contributed by atoms with Crippen LogP contribution in [0.5, 0.6) is 0 Å². The number of nitrogens with one attached hydrogen (secondary N) is 1. The third-order valence-corrected chi connectivity index (χ3v) is 2.15. The fraction of sp³-hybridized carbons (Fsp3) is 0.100. The fourth-order valence-electron chi connectivity index (χ4n) is 1.46. The van der Waals surface area contributed by atoms with Gasteiger partial charge in [-0.3, -0.25) is 0 Å². The van der Waals surface area contributed by atoms with Gasteiger partial charge in [0.15, 0.2) is 17.6 Å². The molecule has 74 valence electrons. The zero-order chi connectivity index (χ0) is 10.1. The van der Waals surface area contributed by atoms with E-state index in [1.807, 2.05) is 18.2 Å². The maximum atomic E-state index is 5.38. The lowest BCUT2D eigenvalue weighted by Crippen LogP contribution is -2.01. The molecule has 0 aliphatic carbocycles. The number of nitrogens with zero attached hydrogens (tertiary/aromatic N) is 3. The molecule has 2 aromatic heterocycles. The summed E-state index contributed by atoms with van der Waals surface area (Å²) in [6.45, 7) is 0. The van der Waals surface area contributed by atoms with E-state index in [9.17, 15) is 0 Å². The third-order valence-electron chi connectivity index (χ3n) is 2.15. The number of hydrogen-bond acceptors (Lipinski definition) is 4. The van der Waals surface area contributed by atoms with E-state index in [4.69, 9.17) is 4.74 Å². The predicted octanol–water partition coefficient (Wildman–Crippen LogP) is 1.49. The van der Waals surface area contributed by atoms with Crippen LogP contribution in [0.1, 0.15) is 11.9 Å². The van der Waals surface area contributed by atoms with Crippen molar-refractivity contribution in [1.29, 1.82) is 0 Å². The van der Waals surface area contributed by atoms with Crippen LogP contribution in [0.15, 0.2) is 37.0 Å². The van der Waals surface area contributed by atoms with Crippen molar-refractivity contribution < 1.29 is 4.74 Å². The Bertz CT molecular complexity index is 510. The van der Waals surface area contributed by atoms with Crippen LogP contribution in [-0.2, 0) is 4.74 Å². The van der Waals surface area contributed by atoms with Gasteiger partial charge in [0.05, 0.1) is 12.5 Å². The monoisotopic (exact) mass is 200 g/mol. The summed E-state index contributed by atoms with van der Waals surface area (Å²) < 4.78 is 5.38. The van der Waals surface area contributed by atoms with Gasteiger partial charge in [-0.15, -0.1) is 0 Å². The molecule has 0 aromatic carbocycles. The van der Waals surface area contributed by atoms with Crippen LogP contribution in [0.25, 0.3) is 11.2 Å². The lowest BCUT2D eigenvalue weighted by molar-refractivity contribution is 0.179. The Morgan fingerprint density at radius 1 is 1.33 bits per heavy atom. The highest BCUT2D eigenvalue weighted by Crippen LogP contribution is 2.20. The first-order chi connectivity index (χ1) is 7.43. The Morgan fingerprint density at radius 2 is 2.33 bits per heavy atom. The van der Waals surface area contributed by atoms with Gasteiger partial charge in [-0.05, 0) is 12.2 Å². The van der Waals surface area contributed by atoms with E-state index in [-0.39, 0.29) is 6.10 Å². The fourth-order valence-corrected chi connectivity index (χ4v) is 1.46. The first-order valence-corrected chi connectivity index (χ1v) is 4.58. The molecule has 3 heterocycles. The van der Waals surface area contributed by atoms with E-state index in [0.717, 1.165) is 11.3 Å². The van der Waals surface area contributed by atoms with Crippen LogP contribution >= 0.6 is 0 Å². The summed E-state index contributed by atoms with van der Waals surface area (Å²) in [5.74, 6) is 0.742. The molecule has 0 saturated heterocycles. The van der Waals surface area contributed by atoms with Crippen LogP contribution in [0, 0.1) is 0 Å². The number of aromatic nitrogens is 4. The maximum absolute atomic E-state index is 5.38. The van der Waals surface area contributed by atoms with Crippen LogP contribution in [0.4, 0.5) is 0 Å². The zero-order valence-electron chi connectivity index (χ0n) is 7.79. The van der Waals surface area contributed by atoms with Crippen molar-refractivity contribution in [2.24, 2.45) is 0 Å². The van der Waals surface area contributed by atoms with Crippen molar-refractivity contribution >= 4 is 11.2 Å². The number of allylic oxidation sites excluding steroid dienone is 2. The van der Waals surface area contributed by atoms with Crippen LogP contribution in [0.3, 0.4) is 0 Å². The van der Waals surface area contributed by atoms with Gasteiger partial charge in [0, 0.05) is 0 Å². The van der Waals surface area contributed by atoms with E-state index in [0.29, 0.717) is 5.65 Å². The summed E-state index contributed by atoms with van der Waals surface area (Å²) in [6.07, 6.45) is 10.3. The Morgan fingerprint density at radius 3 is 3.13 bits per heavy atom. The Kier molecular flexibility index (Phi) is 1.74. The molecule has 0 bridgehead atoms. The largest absolute Gasteiger partial charge is 0.486 e. The second kappa shape index (κ2) is 3.20. The van der Waals surface area contributed by atoms with Gasteiger partial charge in [0.25, 0.3) is 0 Å². The highest BCUT2D eigenvalue weighted by molar-refractivity contribution is 5.68. The van der Waals surface area contributed by atoms with Gasteiger partial charge in [-0.25, -0.2) is 15.0 Å². The normalized spacial score (nSPS) is 19.3. The molecular weight excluding hydrogens is 192 g/mol. The smallest absolute Gasteiger partial charge is 0.180 e. The number of H-pyrrole nitrogens is 1. The zero-order valence-corrected chi connectivity index (χ0v) is 7.79. The molecule has 0 fully saturated rings. The molecule has 0 saturated carbocycles. The molecule has 1 unspecified atom stereocenters. The highest BCUT2D eigenvalue weighted by Gasteiger charge is 2.14. The average Bonchev–Trinajstić information content (AvgIpc) is 2.74. The van der Waals surface area contributed by atoms with Gasteiger partial charge in [0.2, 0.25) is 0 Å². The molecule has 15 heavy (non-hydrogen) atoms. The van der Waals surface area contributed by atoms with Crippen molar-refractivity contribution in [3.8, 4) is 0 Å². The molecule has 5 heteroatoms. The van der Waals surface area contributed by atoms with Gasteiger partial charge in [-0.2, -0.15) is 0 Å². The molecule has 1 N–H and O–H groups in total.